The summed E-state index contributed by atoms with van der Waals surface area (Å²) < 4.78 is 1.33. The van der Waals surface area contributed by atoms with Gasteiger partial charge in [0.1, 0.15) is 0 Å². The van der Waals surface area contributed by atoms with Gasteiger partial charge in [0.2, 0.25) is 0 Å². The van der Waals surface area contributed by atoms with Crippen molar-refractivity contribution in [1.29, 1.82) is 0 Å². The Labute approximate surface area is 81.5 Å². The van der Waals surface area contributed by atoms with Crippen molar-refractivity contribution >= 4 is 27.5 Å². The maximum absolute atomic E-state index is 5.39. The Kier molecular flexibility index (Phi) is 2.43. The Bertz CT molecular complexity index is 395. The molecule has 2 heteroatoms. The van der Waals surface area contributed by atoms with Gasteiger partial charge in [0, 0.05) is 16.1 Å². The van der Waals surface area contributed by atoms with Gasteiger partial charge in [-0.1, -0.05) is 24.3 Å². The van der Waals surface area contributed by atoms with Crippen molar-refractivity contribution in [1.82, 2.24) is 0 Å². The van der Waals surface area contributed by atoms with Gasteiger partial charge in [-0.2, -0.15) is 0 Å². The second kappa shape index (κ2) is 3.73. The van der Waals surface area contributed by atoms with E-state index in [-0.39, 0.29) is 0 Å². The minimum absolute atomic E-state index is 0.605. The van der Waals surface area contributed by atoms with Crippen LogP contribution in [-0.2, 0) is 0 Å². The molecule has 0 fully saturated rings. The summed E-state index contributed by atoms with van der Waals surface area (Å²) in [7, 11) is 0. The highest BCUT2D eigenvalue weighted by Crippen LogP contribution is 2.25. The molecule has 0 amide bonds. The lowest BCUT2D eigenvalue weighted by atomic mass is 10.2. The number of thiophene rings is 1. The zero-order valence-electron chi connectivity index (χ0n) is 7.23. The summed E-state index contributed by atoms with van der Waals surface area (Å²) in [4.78, 5) is 1.27. The maximum atomic E-state index is 5.39. The predicted octanol–water partition coefficient (Wildman–Crippen LogP) is 2.87. The lowest BCUT2D eigenvalue weighted by Crippen LogP contribution is -1.91. The lowest BCUT2D eigenvalue weighted by Gasteiger charge is -1.82. The van der Waals surface area contributed by atoms with Crippen molar-refractivity contribution in [3.8, 4) is 0 Å². The van der Waals surface area contributed by atoms with Gasteiger partial charge in [-0.15, -0.1) is 11.3 Å². The van der Waals surface area contributed by atoms with Crippen LogP contribution in [-0.4, -0.2) is 6.54 Å². The van der Waals surface area contributed by atoms with Crippen LogP contribution in [0.4, 0.5) is 0 Å². The topological polar surface area (TPSA) is 26.0 Å². The molecule has 0 aliphatic rings. The average molecular weight is 189 g/mol. The minimum atomic E-state index is 0.605. The van der Waals surface area contributed by atoms with Gasteiger partial charge in [0.05, 0.1) is 0 Å². The van der Waals surface area contributed by atoms with Crippen molar-refractivity contribution in [2.45, 2.75) is 0 Å². The Hall–Kier alpha value is -1.12. The van der Waals surface area contributed by atoms with Crippen LogP contribution in [0.5, 0.6) is 0 Å². The first-order valence-corrected chi connectivity index (χ1v) is 5.07. The highest BCUT2D eigenvalue weighted by atomic mass is 32.1. The molecule has 0 bridgehead atoms. The van der Waals surface area contributed by atoms with Crippen molar-refractivity contribution in [2.24, 2.45) is 5.73 Å². The number of nitrogens with two attached hydrogens (primary N) is 1. The molecule has 0 spiro atoms. The van der Waals surface area contributed by atoms with Gasteiger partial charge in [0.25, 0.3) is 0 Å². The molecular weight excluding hydrogens is 178 g/mol. The summed E-state index contributed by atoms with van der Waals surface area (Å²) in [5.41, 5.74) is 5.39. The van der Waals surface area contributed by atoms with E-state index in [9.17, 15) is 0 Å². The second-order valence-electron chi connectivity index (χ2n) is 2.82. The van der Waals surface area contributed by atoms with Crippen LogP contribution in [0.15, 0.2) is 36.4 Å². The van der Waals surface area contributed by atoms with E-state index in [4.69, 9.17) is 5.73 Å². The molecule has 2 rings (SSSR count). The fourth-order valence-corrected chi connectivity index (χ4v) is 2.26. The third-order valence-corrected chi connectivity index (χ3v) is 2.94. The minimum Gasteiger partial charge on any atom is -0.327 e. The van der Waals surface area contributed by atoms with Crippen LogP contribution in [0.25, 0.3) is 16.2 Å². The van der Waals surface area contributed by atoms with Gasteiger partial charge in [0.15, 0.2) is 0 Å². The van der Waals surface area contributed by atoms with Gasteiger partial charge >= 0.3 is 0 Å². The summed E-state index contributed by atoms with van der Waals surface area (Å²) in [6.45, 7) is 0.605. The molecule has 0 unspecified atom stereocenters. The van der Waals surface area contributed by atoms with Crippen LogP contribution < -0.4 is 5.73 Å². The zero-order valence-corrected chi connectivity index (χ0v) is 8.05. The first kappa shape index (κ1) is 8.48. The Morgan fingerprint density at radius 3 is 2.92 bits per heavy atom. The van der Waals surface area contributed by atoms with Crippen molar-refractivity contribution in [3.63, 3.8) is 0 Å². The molecule has 0 atom stereocenters. The first-order chi connectivity index (χ1) is 6.40. The fraction of sp³-hybridized carbons (Fsp3) is 0.0909. The normalized spacial score (nSPS) is 11.5. The summed E-state index contributed by atoms with van der Waals surface area (Å²) in [5.74, 6) is 0. The van der Waals surface area contributed by atoms with Gasteiger partial charge in [-0.3, -0.25) is 0 Å². The largest absolute Gasteiger partial charge is 0.327 e. The monoisotopic (exact) mass is 189 g/mol. The molecule has 0 saturated heterocycles. The molecule has 1 aromatic carbocycles. The van der Waals surface area contributed by atoms with Gasteiger partial charge in [-0.25, -0.2) is 0 Å². The van der Waals surface area contributed by atoms with Gasteiger partial charge < -0.3 is 5.73 Å². The van der Waals surface area contributed by atoms with E-state index in [0.29, 0.717) is 6.54 Å². The molecule has 1 heterocycles. The number of benzene rings is 1. The van der Waals surface area contributed by atoms with Crippen LogP contribution >= 0.6 is 11.3 Å². The molecule has 13 heavy (non-hydrogen) atoms. The highest BCUT2D eigenvalue weighted by molar-refractivity contribution is 7.19. The van der Waals surface area contributed by atoms with E-state index in [2.05, 4.69) is 36.4 Å². The van der Waals surface area contributed by atoms with Crippen molar-refractivity contribution < 1.29 is 0 Å². The standard InChI is InChI=1S/C11H11NS/c12-7-3-5-10-8-9-4-1-2-6-11(9)13-10/h1-6,8H,7,12H2. The molecule has 0 aliphatic heterocycles. The fourth-order valence-electron chi connectivity index (χ4n) is 1.27. The van der Waals surface area contributed by atoms with Gasteiger partial charge in [-0.05, 0) is 23.6 Å². The van der Waals surface area contributed by atoms with E-state index in [1.54, 1.807) is 11.3 Å². The number of rotatable bonds is 2. The van der Waals surface area contributed by atoms with Crippen LogP contribution in [0.1, 0.15) is 4.88 Å². The number of hydrogen-bond donors (Lipinski definition) is 1. The summed E-state index contributed by atoms with van der Waals surface area (Å²) in [6, 6.07) is 10.6. The van der Waals surface area contributed by atoms with Crippen molar-refractivity contribution in [2.75, 3.05) is 6.54 Å². The summed E-state index contributed by atoms with van der Waals surface area (Å²) in [6.07, 6.45) is 4.05. The molecule has 2 N–H and O–H groups in total. The third-order valence-electron chi connectivity index (χ3n) is 1.86. The smallest absolute Gasteiger partial charge is 0.0349 e. The third kappa shape index (κ3) is 1.79. The lowest BCUT2D eigenvalue weighted by molar-refractivity contribution is 1.26. The summed E-state index contributed by atoms with van der Waals surface area (Å²) >= 11 is 1.79. The first-order valence-electron chi connectivity index (χ1n) is 4.25. The molecular formula is C11H11NS. The Morgan fingerprint density at radius 2 is 2.15 bits per heavy atom. The highest BCUT2D eigenvalue weighted by Gasteiger charge is 1.96. The second-order valence-corrected chi connectivity index (χ2v) is 3.94. The van der Waals surface area contributed by atoms with Crippen LogP contribution in [0, 0.1) is 0 Å². The molecule has 0 saturated carbocycles. The van der Waals surface area contributed by atoms with Crippen LogP contribution in [0.2, 0.25) is 0 Å². The average Bonchev–Trinajstić information content (AvgIpc) is 2.57. The molecule has 1 nitrogen and oxygen atoms in total. The van der Waals surface area contributed by atoms with E-state index >= 15 is 0 Å². The molecule has 66 valence electrons. The predicted molar refractivity (Wildman–Crippen MR) is 59.9 cm³/mol. The van der Waals surface area contributed by atoms with E-state index in [1.807, 2.05) is 6.08 Å². The quantitative estimate of drug-likeness (QED) is 0.772. The zero-order chi connectivity index (χ0) is 9.10. The Morgan fingerprint density at radius 1 is 1.31 bits per heavy atom. The Balaban J connectivity index is 2.44. The molecule has 0 aliphatic carbocycles. The SMILES string of the molecule is NCC=Cc1cc2ccccc2s1. The maximum Gasteiger partial charge on any atom is 0.0349 e. The van der Waals surface area contributed by atoms with E-state index < -0.39 is 0 Å². The van der Waals surface area contributed by atoms with E-state index in [1.165, 1.54) is 15.0 Å². The summed E-state index contributed by atoms with van der Waals surface area (Å²) in [5, 5.41) is 1.31. The molecule has 1 aromatic heterocycles. The number of fused-ring (bicyclic) bond motifs is 1. The molecule has 0 radical (unpaired) electrons. The van der Waals surface area contributed by atoms with E-state index in [0.717, 1.165) is 0 Å². The number of hydrogen-bond acceptors (Lipinski definition) is 2. The van der Waals surface area contributed by atoms with Crippen molar-refractivity contribution in [3.05, 3.63) is 41.3 Å². The molecule has 2 aromatic rings. The van der Waals surface area contributed by atoms with Crippen LogP contribution in [0.3, 0.4) is 0 Å².